The highest BCUT2D eigenvalue weighted by Crippen LogP contribution is 2.36. The van der Waals surface area contributed by atoms with E-state index in [-0.39, 0.29) is 5.91 Å². The molecule has 1 saturated carbocycles. The quantitative estimate of drug-likeness (QED) is 0.857. The summed E-state index contributed by atoms with van der Waals surface area (Å²) in [5.41, 5.74) is 1.32. The van der Waals surface area contributed by atoms with Crippen molar-refractivity contribution in [2.24, 2.45) is 11.8 Å². The number of aromatic nitrogens is 3. The summed E-state index contributed by atoms with van der Waals surface area (Å²) >= 11 is 0. The van der Waals surface area contributed by atoms with Gasteiger partial charge in [-0.25, -0.2) is 0 Å². The minimum absolute atomic E-state index is 0.0243. The van der Waals surface area contributed by atoms with Gasteiger partial charge in [0.05, 0.1) is 11.9 Å². The summed E-state index contributed by atoms with van der Waals surface area (Å²) < 4.78 is 0. The predicted molar refractivity (Wildman–Crippen MR) is 87.3 cm³/mol. The molecule has 0 N–H and O–H groups in total. The van der Waals surface area contributed by atoms with Crippen molar-refractivity contribution in [3.8, 4) is 5.69 Å². The number of para-hydroxylation sites is 1. The first-order chi connectivity index (χ1) is 11.3. The molecule has 5 heteroatoms. The number of carbonyl (C=O) groups excluding carboxylic acids is 1. The number of rotatable bonds is 2. The second kappa shape index (κ2) is 6.14. The van der Waals surface area contributed by atoms with Crippen LogP contribution in [0, 0.1) is 11.8 Å². The van der Waals surface area contributed by atoms with Crippen molar-refractivity contribution in [3.63, 3.8) is 0 Å². The van der Waals surface area contributed by atoms with Crippen LogP contribution in [-0.2, 0) is 0 Å². The number of amides is 1. The second-order valence-corrected chi connectivity index (χ2v) is 6.70. The maximum Gasteiger partial charge on any atom is 0.276 e. The van der Waals surface area contributed by atoms with Gasteiger partial charge in [0.15, 0.2) is 5.69 Å². The number of hydrogen-bond acceptors (Lipinski definition) is 3. The van der Waals surface area contributed by atoms with Crippen molar-refractivity contribution >= 4 is 5.91 Å². The van der Waals surface area contributed by atoms with Gasteiger partial charge in [-0.2, -0.15) is 9.90 Å². The van der Waals surface area contributed by atoms with Crippen molar-refractivity contribution in [2.45, 2.75) is 32.1 Å². The van der Waals surface area contributed by atoms with Crippen LogP contribution < -0.4 is 0 Å². The van der Waals surface area contributed by atoms with Crippen LogP contribution in [0.4, 0.5) is 0 Å². The highest BCUT2D eigenvalue weighted by molar-refractivity contribution is 5.92. The summed E-state index contributed by atoms with van der Waals surface area (Å²) in [5.74, 6) is 1.54. The van der Waals surface area contributed by atoms with E-state index in [0.29, 0.717) is 11.6 Å². The summed E-state index contributed by atoms with van der Waals surface area (Å²) in [4.78, 5) is 16.2. The first-order valence-corrected chi connectivity index (χ1v) is 8.58. The molecule has 1 amide bonds. The minimum atomic E-state index is 0.0243. The summed E-state index contributed by atoms with van der Waals surface area (Å²) in [6.07, 6.45) is 8.02. The molecule has 23 heavy (non-hydrogen) atoms. The van der Waals surface area contributed by atoms with Gasteiger partial charge < -0.3 is 4.90 Å². The third-order valence-electron chi connectivity index (χ3n) is 5.28. The molecule has 2 fully saturated rings. The van der Waals surface area contributed by atoms with Gasteiger partial charge in [-0.15, -0.1) is 5.10 Å². The third-order valence-corrected chi connectivity index (χ3v) is 5.28. The van der Waals surface area contributed by atoms with E-state index in [9.17, 15) is 4.79 Å². The lowest BCUT2D eigenvalue weighted by Crippen LogP contribution is -2.44. The predicted octanol–water partition coefficient (Wildman–Crippen LogP) is 2.92. The largest absolute Gasteiger partial charge is 0.337 e. The number of piperidine rings is 1. The molecule has 0 spiro atoms. The van der Waals surface area contributed by atoms with Crippen molar-refractivity contribution < 1.29 is 4.79 Å². The van der Waals surface area contributed by atoms with Gasteiger partial charge in [0.25, 0.3) is 5.91 Å². The number of hydrogen-bond donors (Lipinski definition) is 0. The van der Waals surface area contributed by atoms with Crippen LogP contribution >= 0.6 is 0 Å². The molecule has 1 aromatic carbocycles. The number of nitrogens with zero attached hydrogens (tertiary/aromatic N) is 4. The maximum absolute atomic E-state index is 12.7. The van der Waals surface area contributed by atoms with E-state index in [4.69, 9.17) is 0 Å². The van der Waals surface area contributed by atoms with Crippen molar-refractivity contribution in [2.75, 3.05) is 13.1 Å². The van der Waals surface area contributed by atoms with Crippen LogP contribution in [0.1, 0.15) is 42.6 Å². The summed E-state index contributed by atoms with van der Waals surface area (Å²) in [6.45, 7) is 1.75. The van der Waals surface area contributed by atoms with Crippen molar-refractivity contribution in [3.05, 3.63) is 42.2 Å². The molecule has 5 nitrogen and oxygen atoms in total. The third kappa shape index (κ3) is 2.87. The van der Waals surface area contributed by atoms with Gasteiger partial charge in [0.2, 0.25) is 0 Å². The zero-order valence-corrected chi connectivity index (χ0v) is 13.3. The van der Waals surface area contributed by atoms with E-state index < -0.39 is 0 Å². The summed E-state index contributed by atoms with van der Waals surface area (Å²) in [5, 5.41) is 8.62. The van der Waals surface area contributed by atoms with Crippen LogP contribution in [0.3, 0.4) is 0 Å². The summed E-state index contributed by atoms with van der Waals surface area (Å²) in [6, 6.07) is 9.69. The van der Waals surface area contributed by atoms with E-state index in [1.165, 1.54) is 30.5 Å². The molecule has 4 rings (SSSR count). The molecule has 1 aromatic heterocycles. The van der Waals surface area contributed by atoms with Crippen LogP contribution in [0.5, 0.6) is 0 Å². The Hall–Kier alpha value is -2.17. The topological polar surface area (TPSA) is 51.0 Å². The van der Waals surface area contributed by atoms with Gasteiger partial charge in [-0.3, -0.25) is 4.79 Å². The fraction of sp³-hybridized carbons (Fsp3) is 0.500. The molecule has 2 aromatic rings. The van der Waals surface area contributed by atoms with E-state index >= 15 is 0 Å². The molecule has 0 unspecified atom stereocenters. The van der Waals surface area contributed by atoms with E-state index in [1.54, 1.807) is 6.20 Å². The van der Waals surface area contributed by atoms with Gasteiger partial charge in [-0.05, 0) is 36.8 Å². The average molecular weight is 310 g/mol. The Balaban J connectivity index is 1.48. The molecule has 2 heterocycles. The van der Waals surface area contributed by atoms with Gasteiger partial charge in [0, 0.05) is 13.1 Å². The van der Waals surface area contributed by atoms with Crippen molar-refractivity contribution in [1.82, 2.24) is 19.9 Å². The first-order valence-electron chi connectivity index (χ1n) is 8.58. The molecular formula is C18H22N4O. The Morgan fingerprint density at radius 1 is 1.04 bits per heavy atom. The zero-order valence-electron chi connectivity index (χ0n) is 13.3. The Morgan fingerprint density at radius 3 is 2.65 bits per heavy atom. The molecule has 0 bridgehead atoms. The molecular weight excluding hydrogens is 288 g/mol. The second-order valence-electron chi connectivity index (χ2n) is 6.70. The van der Waals surface area contributed by atoms with Gasteiger partial charge >= 0.3 is 0 Å². The number of fused-ring (bicyclic) bond motifs is 1. The standard InChI is InChI=1S/C18H22N4O/c23-18(21-11-10-14-6-4-5-7-15(14)13-21)17-12-19-22(20-17)16-8-2-1-3-9-16/h1-3,8-9,12,14-15H,4-7,10-11,13H2/t14-,15-/m0/s1. The van der Waals surface area contributed by atoms with Crippen molar-refractivity contribution in [1.29, 1.82) is 0 Å². The van der Waals surface area contributed by atoms with Crippen LogP contribution in [0.15, 0.2) is 36.5 Å². The normalized spacial score (nSPS) is 24.3. The molecule has 1 aliphatic carbocycles. The molecule has 1 saturated heterocycles. The average Bonchev–Trinajstić information content (AvgIpc) is 3.11. The number of likely N-dealkylation sites (tertiary alicyclic amines) is 1. The highest BCUT2D eigenvalue weighted by Gasteiger charge is 2.33. The van der Waals surface area contributed by atoms with Gasteiger partial charge in [0.1, 0.15) is 0 Å². The minimum Gasteiger partial charge on any atom is -0.337 e. The number of benzene rings is 1. The Bertz CT molecular complexity index is 681. The molecule has 120 valence electrons. The van der Waals surface area contributed by atoms with Crippen LogP contribution in [-0.4, -0.2) is 38.9 Å². The fourth-order valence-electron chi connectivity index (χ4n) is 3.99. The highest BCUT2D eigenvalue weighted by atomic mass is 16.2. The zero-order chi connectivity index (χ0) is 15.6. The maximum atomic E-state index is 12.7. The van der Waals surface area contributed by atoms with E-state index in [1.807, 2.05) is 35.2 Å². The first kappa shape index (κ1) is 14.4. The Kier molecular flexibility index (Phi) is 3.85. The van der Waals surface area contributed by atoms with Gasteiger partial charge in [-0.1, -0.05) is 37.5 Å². The molecule has 2 atom stereocenters. The SMILES string of the molecule is O=C(c1cnn(-c2ccccc2)n1)N1CC[C@@H]2CCCC[C@H]2C1. The molecule has 2 aliphatic rings. The smallest absolute Gasteiger partial charge is 0.276 e. The molecule has 1 aliphatic heterocycles. The van der Waals surface area contributed by atoms with Crippen LogP contribution in [0.2, 0.25) is 0 Å². The summed E-state index contributed by atoms with van der Waals surface area (Å²) in [7, 11) is 0. The lowest BCUT2D eigenvalue weighted by atomic mass is 9.75. The van der Waals surface area contributed by atoms with E-state index in [0.717, 1.165) is 31.1 Å². The monoisotopic (exact) mass is 310 g/mol. The Morgan fingerprint density at radius 2 is 1.83 bits per heavy atom. The Labute approximate surface area is 136 Å². The fourth-order valence-corrected chi connectivity index (χ4v) is 3.99. The van der Waals surface area contributed by atoms with Crippen LogP contribution in [0.25, 0.3) is 5.69 Å². The van der Waals surface area contributed by atoms with E-state index in [2.05, 4.69) is 10.2 Å². The number of carbonyl (C=O) groups is 1. The lowest BCUT2D eigenvalue weighted by molar-refractivity contribution is 0.0515. The lowest BCUT2D eigenvalue weighted by Gasteiger charge is -2.41. The molecule has 0 radical (unpaired) electrons.